The lowest BCUT2D eigenvalue weighted by Gasteiger charge is -1.97. The molecule has 0 unspecified atom stereocenters. The summed E-state index contributed by atoms with van der Waals surface area (Å²) in [5, 5.41) is 1.77. The van der Waals surface area contributed by atoms with Crippen molar-refractivity contribution in [1.29, 1.82) is 0 Å². The molecule has 4 nitrogen and oxygen atoms in total. The zero-order valence-electron chi connectivity index (χ0n) is 6.44. The summed E-state index contributed by atoms with van der Waals surface area (Å²) < 4.78 is 1.03. The summed E-state index contributed by atoms with van der Waals surface area (Å²) in [6.07, 6.45) is 6.82. The van der Waals surface area contributed by atoms with Crippen LogP contribution in [0.4, 0.5) is 0 Å². The molecule has 0 saturated heterocycles. The van der Waals surface area contributed by atoms with Crippen molar-refractivity contribution in [3.05, 3.63) is 28.5 Å². The minimum absolute atomic E-state index is 0.844. The molecular weight excluding hydrogens is 299 g/mol. The maximum Gasteiger partial charge on any atom is 0.171 e. The predicted molar refractivity (Wildman–Crippen MR) is 57.5 cm³/mol. The molecule has 2 heterocycles. The highest BCUT2D eigenvalue weighted by Gasteiger charge is 2.04. The molecule has 2 aromatic rings. The summed E-state index contributed by atoms with van der Waals surface area (Å²) in [7, 11) is 0. The second-order valence-corrected chi connectivity index (χ2v) is 4.31. The average molecular weight is 304 g/mol. The summed E-state index contributed by atoms with van der Waals surface area (Å²) in [6.45, 7) is 0. The van der Waals surface area contributed by atoms with Gasteiger partial charge in [0.15, 0.2) is 5.16 Å². The van der Waals surface area contributed by atoms with E-state index in [1.54, 1.807) is 18.6 Å². The molecule has 66 valence electrons. The van der Waals surface area contributed by atoms with Crippen molar-refractivity contribution >= 4 is 34.4 Å². The van der Waals surface area contributed by atoms with E-state index in [0.29, 0.717) is 0 Å². The Kier molecular flexibility index (Phi) is 2.79. The molecular formula is C7H5IN4S. The van der Waals surface area contributed by atoms with Crippen LogP contribution in [-0.2, 0) is 0 Å². The predicted octanol–water partition coefficient (Wildman–Crippen LogP) is 1.96. The number of hydrogen-bond acceptors (Lipinski definition) is 4. The molecule has 0 atom stereocenters. The topological polar surface area (TPSA) is 54.5 Å². The van der Waals surface area contributed by atoms with E-state index < -0.39 is 0 Å². The van der Waals surface area contributed by atoms with Gasteiger partial charge in [0.05, 0.1) is 3.57 Å². The Balaban J connectivity index is 2.24. The van der Waals surface area contributed by atoms with Crippen LogP contribution < -0.4 is 0 Å². The largest absolute Gasteiger partial charge is 0.339 e. The monoisotopic (exact) mass is 304 g/mol. The zero-order chi connectivity index (χ0) is 9.10. The van der Waals surface area contributed by atoms with Gasteiger partial charge in [0, 0.05) is 18.6 Å². The summed E-state index contributed by atoms with van der Waals surface area (Å²) in [6, 6.07) is 0. The third-order valence-electron chi connectivity index (χ3n) is 1.30. The van der Waals surface area contributed by atoms with Crippen LogP contribution in [0.15, 0.2) is 35.1 Å². The Hall–Kier alpha value is -0.630. The first-order valence-electron chi connectivity index (χ1n) is 3.49. The fourth-order valence-corrected chi connectivity index (χ4v) is 2.08. The maximum atomic E-state index is 4.14. The minimum atomic E-state index is 0.844. The third-order valence-corrected chi connectivity index (χ3v) is 3.39. The smallest absolute Gasteiger partial charge is 0.171 e. The van der Waals surface area contributed by atoms with Gasteiger partial charge in [-0.25, -0.2) is 15.0 Å². The fraction of sp³-hybridized carbons (Fsp3) is 0. The van der Waals surface area contributed by atoms with Crippen LogP contribution in [-0.4, -0.2) is 19.9 Å². The van der Waals surface area contributed by atoms with E-state index in [2.05, 4.69) is 42.5 Å². The molecule has 0 aromatic carbocycles. The number of nitrogens with one attached hydrogen (secondary N) is 1. The van der Waals surface area contributed by atoms with Gasteiger partial charge in [0.2, 0.25) is 0 Å². The molecule has 1 N–H and O–H groups in total. The van der Waals surface area contributed by atoms with E-state index in [1.165, 1.54) is 18.1 Å². The first-order chi connectivity index (χ1) is 6.36. The number of aromatic amines is 1. The Morgan fingerprint density at radius 3 is 3.00 bits per heavy atom. The molecule has 0 saturated carbocycles. The highest BCUT2D eigenvalue weighted by molar-refractivity contribution is 14.1. The van der Waals surface area contributed by atoms with Gasteiger partial charge in [0.1, 0.15) is 11.4 Å². The Morgan fingerprint density at radius 2 is 2.31 bits per heavy atom. The average Bonchev–Trinajstić information content (AvgIpc) is 2.61. The number of imidazole rings is 1. The highest BCUT2D eigenvalue weighted by Crippen LogP contribution is 2.25. The van der Waals surface area contributed by atoms with Gasteiger partial charge >= 0.3 is 0 Å². The molecule has 0 bridgehead atoms. The van der Waals surface area contributed by atoms with Crippen molar-refractivity contribution in [1.82, 2.24) is 19.9 Å². The van der Waals surface area contributed by atoms with Crippen molar-refractivity contribution in [2.24, 2.45) is 0 Å². The normalized spacial score (nSPS) is 10.2. The van der Waals surface area contributed by atoms with Gasteiger partial charge in [-0.2, -0.15) is 0 Å². The summed E-state index contributed by atoms with van der Waals surface area (Å²) in [5.74, 6) is 0. The quantitative estimate of drug-likeness (QED) is 0.680. The third kappa shape index (κ3) is 2.19. The number of rotatable bonds is 2. The van der Waals surface area contributed by atoms with Crippen LogP contribution in [0.3, 0.4) is 0 Å². The number of H-pyrrole nitrogens is 1. The number of halogens is 1. The first-order valence-corrected chi connectivity index (χ1v) is 5.38. The molecule has 0 aliphatic carbocycles. The van der Waals surface area contributed by atoms with Gasteiger partial charge in [0.25, 0.3) is 0 Å². The fourth-order valence-electron chi connectivity index (χ4n) is 0.775. The number of aromatic nitrogens is 4. The Bertz CT molecular complexity index is 389. The molecule has 2 aromatic heterocycles. The minimum Gasteiger partial charge on any atom is -0.339 e. The van der Waals surface area contributed by atoms with E-state index in [1.807, 2.05) is 0 Å². The summed E-state index contributed by atoms with van der Waals surface area (Å²) >= 11 is 3.69. The van der Waals surface area contributed by atoms with Crippen LogP contribution in [0, 0.1) is 3.57 Å². The molecule has 13 heavy (non-hydrogen) atoms. The van der Waals surface area contributed by atoms with E-state index in [0.717, 1.165) is 13.8 Å². The first kappa shape index (κ1) is 8.95. The van der Waals surface area contributed by atoms with Crippen LogP contribution in [0.2, 0.25) is 0 Å². The van der Waals surface area contributed by atoms with Gasteiger partial charge in [-0.15, -0.1) is 0 Å². The molecule has 0 fully saturated rings. The van der Waals surface area contributed by atoms with Crippen LogP contribution in [0.5, 0.6) is 0 Å². The van der Waals surface area contributed by atoms with Crippen LogP contribution in [0.25, 0.3) is 0 Å². The summed E-state index contributed by atoms with van der Waals surface area (Å²) in [5.41, 5.74) is 0. The Labute approximate surface area is 92.7 Å². The lowest BCUT2D eigenvalue weighted by molar-refractivity contribution is 0.999. The molecule has 0 radical (unpaired) electrons. The van der Waals surface area contributed by atoms with Crippen molar-refractivity contribution in [3.8, 4) is 0 Å². The van der Waals surface area contributed by atoms with Gasteiger partial charge in [-0.1, -0.05) is 0 Å². The number of nitrogens with zero attached hydrogens (tertiary/aromatic N) is 3. The Morgan fingerprint density at radius 1 is 1.38 bits per heavy atom. The molecule has 2 rings (SSSR count). The zero-order valence-corrected chi connectivity index (χ0v) is 9.41. The lowest BCUT2D eigenvalue weighted by Crippen LogP contribution is -1.86. The molecule has 6 heteroatoms. The van der Waals surface area contributed by atoms with Crippen molar-refractivity contribution < 1.29 is 0 Å². The van der Waals surface area contributed by atoms with Gasteiger partial charge in [-0.05, 0) is 34.4 Å². The SMILES string of the molecule is Ic1cncnc1Sc1ncc[nH]1. The molecule has 0 aliphatic rings. The van der Waals surface area contributed by atoms with Crippen LogP contribution >= 0.6 is 34.4 Å². The van der Waals surface area contributed by atoms with Gasteiger partial charge in [-0.3, -0.25) is 0 Å². The van der Waals surface area contributed by atoms with Crippen molar-refractivity contribution in [3.63, 3.8) is 0 Å². The number of hydrogen-bond donors (Lipinski definition) is 1. The second-order valence-electron chi connectivity index (χ2n) is 2.17. The van der Waals surface area contributed by atoms with E-state index in [4.69, 9.17) is 0 Å². The molecule has 0 spiro atoms. The van der Waals surface area contributed by atoms with Crippen LogP contribution in [0.1, 0.15) is 0 Å². The lowest BCUT2D eigenvalue weighted by atomic mass is 10.7. The molecule has 0 aliphatic heterocycles. The summed E-state index contributed by atoms with van der Waals surface area (Å²) in [4.78, 5) is 15.1. The highest BCUT2D eigenvalue weighted by atomic mass is 127. The maximum absolute atomic E-state index is 4.14. The standard InChI is InChI=1S/C7H5IN4S/c8-5-3-9-4-12-6(5)13-7-10-1-2-11-7/h1-4H,(H,10,11). The van der Waals surface area contributed by atoms with E-state index in [9.17, 15) is 0 Å². The van der Waals surface area contributed by atoms with E-state index in [-0.39, 0.29) is 0 Å². The van der Waals surface area contributed by atoms with E-state index >= 15 is 0 Å². The second kappa shape index (κ2) is 4.05. The van der Waals surface area contributed by atoms with Crippen molar-refractivity contribution in [2.45, 2.75) is 10.2 Å². The van der Waals surface area contributed by atoms with Crippen molar-refractivity contribution in [2.75, 3.05) is 0 Å². The molecule has 0 amide bonds. The van der Waals surface area contributed by atoms with Gasteiger partial charge < -0.3 is 4.98 Å².